The minimum Gasteiger partial charge on any atom is -0.385 e. The number of hydrogen-bond acceptors (Lipinski definition) is 3. The van der Waals surface area contributed by atoms with Crippen LogP contribution in [0.2, 0.25) is 0 Å². The number of benzene rings is 1. The van der Waals surface area contributed by atoms with Crippen LogP contribution in [0.1, 0.15) is 19.3 Å². The number of aromatic nitrogens is 3. The van der Waals surface area contributed by atoms with Gasteiger partial charge in [0, 0.05) is 25.8 Å². The van der Waals surface area contributed by atoms with Crippen LogP contribution in [0, 0.1) is 4.77 Å². The maximum absolute atomic E-state index is 5.29. The summed E-state index contributed by atoms with van der Waals surface area (Å²) >= 11 is 5.29. The maximum Gasteiger partial charge on any atom is 0.195 e. The molecule has 0 spiro atoms. The van der Waals surface area contributed by atoms with Gasteiger partial charge in [0.05, 0.1) is 0 Å². The molecule has 0 radical (unpaired) electrons. The molecule has 102 valence electrons. The van der Waals surface area contributed by atoms with Gasteiger partial charge in [0.15, 0.2) is 10.6 Å². The Morgan fingerprint density at radius 3 is 2.74 bits per heavy atom. The summed E-state index contributed by atoms with van der Waals surface area (Å²) in [4.78, 5) is 0. The minimum absolute atomic E-state index is 0.686. The number of methoxy groups -OCH3 is 1. The highest BCUT2D eigenvalue weighted by Gasteiger charge is 2.07. The summed E-state index contributed by atoms with van der Waals surface area (Å²) in [5.41, 5.74) is 1.09. The first-order valence-electron chi connectivity index (χ1n) is 6.52. The monoisotopic (exact) mass is 277 g/mol. The number of hydrogen-bond donors (Lipinski definition) is 1. The molecule has 4 nitrogen and oxygen atoms in total. The van der Waals surface area contributed by atoms with Crippen molar-refractivity contribution in [3.8, 4) is 11.4 Å². The van der Waals surface area contributed by atoms with Crippen molar-refractivity contribution < 1.29 is 4.74 Å². The number of nitrogens with one attached hydrogen (secondary N) is 1. The molecule has 2 rings (SSSR count). The van der Waals surface area contributed by atoms with Gasteiger partial charge >= 0.3 is 0 Å². The van der Waals surface area contributed by atoms with E-state index in [0.29, 0.717) is 4.77 Å². The van der Waals surface area contributed by atoms with Gasteiger partial charge in [-0.05, 0) is 31.5 Å². The Bertz CT molecular complexity index is 547. The van der Waals surface area contributed by atoms with E-state index in [1.165, 1.54) is 0 Å². The average molecular weight is 277 g/mol. The fraction of sp³-hybridized carbons (Fsp3) is 0.429. The molecule has 2 aromatic rings. The van der Waals surface area contributed by atoms with Gasteiger partial charge in [-0.3, -0.25) is 5.10 Å². The van der Waals surface area contributed by atoms with Gasteiger partial charge in [-0.25, -0.2) is 0 Å². The predicted molar refractivity (Wildman–Crippen MR) is 78.6 cm³/mol. The summed E-state index contributed by atoms with van der Waals surface area (Å²) in [6.07, 6.45) is 3.30. The van der Waals surface area contributed by atoms with E-state index < -0.39 is 0 Å². The Labute approximate surface area is 118 Å². The Kier molecular flexibility index (Phi) is 5.30. The van der Waals surface area contributed by atoms with Crippen LogP contribution < -0.4 is 0 Å². The van der Waals surface area contributed by atoms with Gasteiger partial charge in [-0.15, -0.1) is 0 Å². The maximum atomic E-state index is 5.29. The molecular weight excluding hydrogens is 258 g/mol. The summed E-state index contributed by atoms with van der Waals surface area (Å²) in [5, 5.41) is 7.20. The van der Waals surface area contributed by atoms with Crippen LogP contribution in [0.5, 0.6) is 0 Å². The fourth-order valence-electron chi connectivity index (χ4n) is 2.03. The lowest BCUT2D eigenvalue weighted by Gasteiger charge is -2.06. The normalized spacial score (nSPS) is 10.8. The van der Waals surface area contributed by atoms with Crippen molar-refractivity contribution in [1.82, 2.24) is 14.8 Å². The Morgan fingerprint density at radius 2 is 2.00 bits per heavy atom. The van der Waals surface area contributed by atoms with Crippen LogP contribution in [0.4, 0.5) is 0 Å². The number of unbranched alkanes of at least 4 members (excludes halogenated alkanes) is 2. The van der Waals surface area contributed by atoms with Gasteiger partial charge < -0.3 is 9.30 Å². The molecule has 0 saturated carbocycles. The van der Waals surface area contributed by atoms with Crippen molar-refractivity contribution in [2.45, 2.75) is 25.8 Å². The third-order valence-corrected chi connectivity index (χ3v) is 3.33. The first kappa shape index (κ1) is 14.0. The van der Waals surface area contributed by atoms with Crippen LogP contribution in [-0.4, -0.2) is 28.5 Å². The van der Waals surface area contributed by atoms with Gasteiger partial charge in [-0.2, -0.15) is 5.10 Å². The molecule has 0 amide bonds. The van der Waals surface area contributed by atoms with Gasteiger partial charge in [0.1, 0.15) is 0 Å². The second-order valence-electron chi connectivity index (χ2n) is 4.42. The van der Waals surface area contributed by atoms with Crippen molar-refractivity contribution in [3.63, 3.8) is 0 Å². The zero-order valence-corrected chi connectivity index (χ0v) is 11.9. The Morgan fingerprint density at radius 1 is 1.21 bits per heavy atom. The number of rotatable bonds is 7. The summed E-state index contributed by atoms with van der Waals surface area (Å²) in [5.74, 6) is 0.914. The predicted octanol–water partition coefficient (Wildman–Crippen LogP) is 3.42. The summed E-state index contributed by atoms with van der Waals surface area (Å²) in [6.45, 7) is 1.71. The van der Waals surface area contributed by atoms with E-state index in [0.717, 1.165) is 43.8 Å². The first-order chi connectivity index (χ1) is 9.33. The topological polar surface area (TPSA) is 42.8 Å². The lowest BCUT2D eigenvalue weighted by molar-refractivity contribution is 0.191. The highest BCUT2D eigenvalue weighted by atomic mass is 32.1. The number of H-pyrrole nitrogens is 1. The van der Waals surface area contributed by atoms with E-state index in [1.54, 1.807) is 7.11 Å². The molecule has 19 heavy (non-hydrogen) atoms. The largest absolute Gasteiger partial charge is 0.385 e. The number of ether oxygens (including phenoxy) is 1. The van der Waals surface area contributed by atoms with Crippen LogP contribution in [0.15, 0.2) is 30.3 Å². The van der Waals surface area contributed by atoms with E-state index in [4.69, 9.17) is 17.0 Å². The van der Waals surface area contributed by atoms with E-state index in [2.05, 4.69) is 14.8 Å². The van der Waals surface area contributed by atoms with Gasteiger partial charge in [0.25, 0.3) is 0 Å². The third kappa shape index (κ3) is 3.75. The van der Waals surface area contributed by atoms with Crippen molar-refractivity contribution in [3.05, 3.63) is 35.1 Å². The van der Waals surface area contributed by atoms with Crippen LogP contribution in [0.3, 0.4) is 0 Å². The summed E-state index contributed by atoms with van der Waals surface area (Å²) < 4.78 is 7.80. The zero-order chi connectivity index (χ0) is 13.5. The molecule has 5 heteroatoms. The first-order valence-corrected chi connectivity index (χ1v) is 6.93. The number of nitrogens with zero attached hydrogens (tertiary/aromatic N) is 2. The molecular formula is C14H19N3OS. The van der Waals surface area contributed by atoms with Crippen LogP contribution >= 0.6 is 12.2 Å². The fourth-order valence-corrected chi connectivity index (χ4v) is 2.25. The van der Waals surface area contributed by atoms with Crippen LogP contribution in [-0.2, 0) is 11.3 Å². The third-order valence-electron chi connectivity index (χ3n) is 3.02. The van der Waals surface area contributed by atoms with Crippen LogP contribution in [0.25, 0.3) is 11.4 Å². The Balaban J connectivity index is 2.04. The highest BCUT2D eigenvalue weighted by molar-refractivity contribution is 7.71. The van der Waals surface area contributed by atoms with E-state index in [-0.39, 0.29) is 0 Å². The lowest BCUT2D eigenvalue weighted by Crippen LogP contribution is -2.01. The zero-order valence-electron chi connectivity index (χ0n) is 11.1. The van der Waals surface area contributed by atoms with E-state index >= 15 is 0 Å². The molecule has 0 unspecified atom stereocenters. The summed E-state index contributed by atoms with van der Waals surface area (Å²) in [7, 11) is 1.74. The lowest BCUT2D eigenvalue weighted by atomic mass is 10.2. The molecule has 1 heterocycles. The van der Waals surface area contributed by atoms with Crippen molar-refractivity contribution in [2.24, 2.45) is 0 Å². The standard InChI is InChI=1S/C14H19N3OS/c1-18-11-7-3-6-10-17-13(15-16-14(17)19)12-8-4-2-5-9-12/h2,4-5,8-9H,3,6-7,10-11H2,1H3,(H,16,19). The van der Waals surface area contributed by atoms with Gasteiger partial charge in [0.2, 0.25) is 0 Å². The number of aromatic amines is 1. The molecule has 0 aliphatic carbocycles. The molecule has 0 bridgehead atoms. The molecule has 0 aliphatic rings. The van der Waals surface area contributed by atoms with Crippen molar-refractivity contribution in [2.75, 3.05) is 13.7 Å². The summed E-state index contributed by atoms with van der Waals surface area (Å²) in [6, 6.07) is 10.1. The SMILES string of the molecule is COCCCCCn1c(-c2ccccc2)n[nH]c1=S. The minimum atomic E-state index is 0.686. The molecule has 0 atom stereocenters. The molecule has 1 aromatic heterocycles. The second kappa shape index (κ2) is 7.21. The van der Waals surface area contributed by atoms with Crippen molar-refractivity contribution >= 4 is 12.2 Å². The molecule has 0 fully saturated rings. The van der Waals surface area contributed by atoms with E-state index in [9.17, 15) is 0 Å². The molecule has 1 N–H and O–H groups in total. The smallest absolute Gasteiger partial charge is 0.195 e. The van der Waals surface area contributed by atoms with Crippen molar-refractivity contribution in [1.29, 1.82) is 0 Å². The molecule has 0 aliphatic heterocycles. The quantitative estimate of drug-likeness (QED) is 0.623. The average Bonchev–Trinajstić information content (AvgIpc) is 2.81. The second-order valence-corrected chi connectivity index (χ2v) is 4.81. The van der Waals surface area contributed by atoms with E-state index in [1.807, 2.05) is 30.3 Å². The molecule has 0 saturated heterocycles. The highest BCUT2D eigenvalue weighted by Crippen LogP contribution is 2.17. The Hall–Kier alpha value is -1.46. The molecule has 1 aromatic carbocycles. The van der Waals surface area contributed by atoms with Gasteiger partial charge in [-0.1, -0.05) is 30.3 Å².